The van der Waals surface area contributed by atoms with Crippen molar-refractivity contribution in [2.24, 2.45) is 0 Å². The molecule has 1 aliphatic rings. The van der Waals surface area contributed by atoms with Gasteiger partial charge in [0.05, 0.1) is 16.3 Å². The SMILES string of the molecule is O=C(CSc1nnc(-c2ccccc2Cl)o1)N1CCCCCC1. The van der Waals surface area contributed by atoms with E-state index in [-0.39, 0.29) is 5.91 Å². The van der Waals surface area contributed by atoms with Gasteiger partial charge in [-0.1, -0.05) is 48.3 Å². The van der Waals surface area contributed by atoms with Crippen LogP contribution in [-0.2, 0) is 4.79 Å². The van der Waals surface area contributed by atoms with Crippen molar-refractivity contribution in [3.8, 4) is 11.5 Å². The van der Waals surface area contributed by atoms with Crippen molar-refractivity contribution in [2.45, 2.75) is 30.9 Å². The fourth-order valence-electron chi connectivity index (χ4n) is 2.55. The van der Waals surface area contributed by atoms with Crippen molar-refractivity contribution >= 4 is 29.3 Å². The van der Waals surface area contributed by atoms with Gasteiger partial charge in [-0.05, 0) is 25.0 Å². The van der Waals surface area contributed by atoms with Crippen LogP contribution in [0.15, 0.2) is 33.9 Å². The largest absolute Gasteiger partial charge is 0.411 e. The minimum Gasteiger partial charge on any atom is -0.411 e. The second-order valence-electron chi connectivity index (χ2n) is 5.44. The summed E-state index contributed by atoms with van der Waals surface area (Å²) in [6.07, 6.45) is 4.60. The highest BCUT2D eigenvalue weighted by molar-refractivity contribution is 7.99. The lowest BCUT2D eigenvalue weighted by Gasteiger charge is -2.19. The van der Waals surface area contributed by atoms with Gasteiger partial charge in [-0.3, -0.25) is 4.79 Å². The van der Waals surface area contributed by atoms with Crippen LogP contribution in [0.4, 0.5) is 0 Å². The molecule has 0 unspecified atom stereocenters. The van der Waals surface area contributed by atoms with Crippen LogP contribution in [-0.4, -0.2) is 39.8 Å². The maximum atomic E-state index is 12.2. The first-order valence-electron chi connectivity index (χ1n) is 7.73. The smallest absolute Gasteiger partial charge is 0.277 e. The van der Waals surface area contributed by atoms with E-state index in [2.05, 4.69) is 10.2 Å². The first kappa shape index (κ1) is 16.3. The van der Waals surface area contributed by atoms with E-state index < -0.39 is 0 Å². The highest BCUT2D eigenvalue weighted by Crippen LogP contribution is 2.28. The lowest BCUT2D eigenvalue weighted by atomic mass is 10.2. The molecule has 23 heavy (non-hydrogen) atoms. The van der Waals surface area contributed by atoms with E-state index >= 15 is 0 Å². The summed E-state index contributed by atoms with van der Waals surface area (Å²) in [6, 6.07) is 7.31. The summed E-state index contributed by atoms with van der Waals surface area (Å²) in [5.41, 5.74) is 0.701. The normalized spacial score (nSPS) is 15.4. The Kier molecular flexibility index (Phi) is 5.56. The average Bonchev–Trinajstić information content (AvgIpc) is 2.86. The molecule has 0 spiro atoms. The topological polar surface area (TPSA) is 59.2 Å². The first-order chi connectivity index (χ1) is 11.2. The van der Waals surface area contributed by atoms with Crippen LogP contribution in [0.3, 0.4) is 0 Å². The van der Waals surface area contributed by atoms with Crippen molar-refractivity contribution in [1.82, 2.24) is 15.1 Å². The molecule has 0 N–H and O–H groups in total. The molecule has 0 bridgehead atoms. The van der Waals surface area contributed by atoms with Crippen molar-refractivity contribution in [1.29, 1.82) is 0 Å². The van der Waals surface area contributed by atoms with E-state index in [9.17, 15) is 4.79 Å². The molecule has 2 heterocycles. The molecular weight excluding hydrogens is 334 g/mol. The number of halogens is 1. The van der Waals surface area contributed by atoms with Crippen molar-refractivity contribution in [3.63, 3.8) is 0 Å². The molecular formula is C16H18ClN3O2S. The van der Waals surface area contributed by atoms with E-state index in [1.807, 2.05) is 23.1 Å². The molecule has 0 atom stereocenters. The Labute approximate surface area is 144 Å². The van der Waals surface area contributed by atoms with Crippen LogP contribution in [0, 0.1) is 0 Å². The summed E-state index contributed by atoms with van der Waals surface area (Å²) in [5, 5.41) is 8.95. The van der Waals surface area contributed by atoms with Crippen molar-refractivity contribution in [3.05, 3.63) is 29.3 Å². The van der Waals surface area contributed by atoms with E-state index in [0.29, 0.717) is 27.5 Å². The Morgan fingerprint density at radius 2 is 1.91 bits per heavy atom. The maximum Gasteiger partial charge on any atom is 0.277 e. The van der Waals surface area contributed by atoms with Gasteiger partial charge in [0, 0.05) is 13.1 Å². The molecule has 5 nitrogen and oxygen atoms in total. The monoisotopic (exact) mass is 351 g/mol. The highest BCUT2D eigenvalue weighted by Gasteiger charge is 2.18. The number of carbonyl (C=O) groups is 1. The standard InChI is InChI=1S/C16H18ClN3O2S/c17-13-8-4-3-7-12(13)15-18-19-16(22-15)23-11-14(21)20-9-5-1-2-6-10-20/h3-4,7-8H,1-2,5-6,9-11H2. The highest BCUT2D eigenvalue weighted by atomic mass is 35.5. The average molecular weight is 352 g/mol. The van der Waals surface area contributed by atoms with Gasteiger partial charge in [-0.25, -0.2) is 0 Å². The molecule has 1 amide bonds. The van der Waals surface area contributed by atoms with E-state index in [1.54, 1.807) is 6.07 Å². The van der Waals surface area contributed by atoms with Crippen LogP contribution in [0.2, 0.25) is 5.02 Å². The molecule has 1 aliphatic heterocycles. The molecule has 122 valence electrons. The number of benzene rings is 1. The molecule has 1 aromatic carbocycles. The van der Waals surface area contributed by atoms with Crippen LogP contribution in [0.1, 0.15) is 25.7 Å². The van der Waals surface area contributed by atoms with Crippen molar-refractivity contribution < 1.29 is 9.21 Å². The Balaban J connectivity index is 1.59. The number of hydrogen-bond donors (Lipinski definition) is 0. The maximum absolute atomic E-state index is 12.2. The van der Waals surface area contributed by atoms with Gasteiger partial charge in [0.2, 0.25) is 11.8 Å². The summed E-state index contributed by atoms with van der Waals surface area (Å²) in [4.78, 5) is 14.2. The van der Waals surface area contributed by atoms with Gasteiger partial charge >= 0.3 is 0 Å². The zero-order chi connectivity index (χ0) is 16.1. The minimum atomic E-state index is 0.134. The molecule has 0 aliphatic carbocycles. The molecule has 3 rings (SSSR count). The quantitative estimate of drug-likeness (QED) is 0.782. The third-order valence-corrected chi connectivity index (χ3v) is 4.92. The summed E-state index contributed by atoms with van der Waals surface area (Å²) >= 11 is 7.39. The number of nitrogens with zero attached hydrogens (tertiary/aromatic N) is 3. The van der Waals surface area contributed by atoms with E-state index in [0.717, 1.165) is 25.9 Å². The number of rotatable bonds is 4. The van der Waals surface area contributed by atoms with Gasteiger partial charge in [-0.15, -0.1) is 10.2 Å². The number of likely N-dealkylation sites (tertiary alicyclic amines) is 1. The Morgan fingerprint density at radius 3 is 2.65 bits per heavy atom. The minimum absolute atomic E-state index is 0.134. The summed E-state index contributed by atoms with van der Waals surface area (Å²) < 4.78 is 5.60. The van der Waals surface area contributed by atoms with Crippen LogP contribution < -0.4 is 0 Å². The molecule has 1 aromatic heterocycles. The summed E-state index contributed by atoms with van der Waals surface area (Å²) in [5.74, 6) is 0.833. The van der Waals surface area contributed by atoms with Gasteiger partial charge in [0.15, 0.2) is 0 Å². The van der Waals surface area contributed by atoms with E-state index in [4.69, 9.17) is 16.0 Å². The molecule has 7 heteroatoms. The van der Waals surface area contributed by atoms with Gasteiger partial charge in [0.1, 0.15) is 0 Å². The predicted molar refractivity (Wildman–Crippen MR) is 90.5 cm³/mol. The molecule has 1 fully saturated rings. The number of hydrogen-bond acceptors (Lipinski definition) is 5. The predicted octanol–water partition coefficient (Wildman–Crippen LogP) is 3.88. The number of carbonyl (C=O) groups excluding carboxylic acids is 1. The summed E-state index contributed by atoms with van der Waals surface area (Å²) in [6.45, 7) is 1.71. The second-order valence-corrected chi connectivity index (χ2v) is 6.77. The third kappa shape index (κ3) is 4.26. The Bertz CT molecular complexity index is 669. The van der Waals surface area contributed by atoms with Crippen LogP contribution in [0.25, 0.3) is 11.5 Å². The third-order valence-electron chi connectivity index (χ3n) is 3.79. The number of aromatic nitrogens is 2. The zero-order valence-corrected chi connectivity index (χ0v) is 14.3. The molecule has 0 saturated carbocycles. The fraction of sp³-hybridized carbons (Fsp3) is 0.438. The lowest BCUT2D eigenvalue weighted by Crippen LogP contribution is -2.33. The number of thioether (sulfide) groups is 1. The van der Waals surface area contributed by atoms with Crippen molar-refractivity contribution in [2.75, 3.05) is 18.8 Å². The van der Waals surface area contributed by atoms with E-state index in [1.165, 1.54) is 24.6 Å². The van der Waals surface area contributed by atoms with Crippen LogP contribution in [0.5, 0.6) is 0 Å². The van der Waals surface area contributed by atoms with Gasteiger partial charge in [-0.2, -0.15) is 0 Å². The Hall–Kier alpha value is -1.53. The molecule has 2 aromatic rings. The number of amides is 1. The second kappa shape index (κ2) is 7.84. The fourth-order valence-corrected chi connectivity index (χ4v) is 3.43. The summed E-state index contributed by atoms with van der Waals surface area (Å²) in [7, 11) is 0. The molecule has 0 radical (unpaired) electrons. The van der Waals surface area contributed by atoms with Gasteiger partial charge in [0.25, 0.3) is 5.22 Å². The van der Waals surface area contributed by atoms with Gasteiger partial charge < -0.3 is 9.32 Å². The zero-order valence-electron chi connectivity index (χ0n) is 12.7. The Morgan fingerprint density at radius 1 is 1.17 bits per heavy atom. The van der Waals surface area contributed by atoms with Crippen LogP contribution >= 0.6 is 23.4 Å². The lowest BCUT2D eigenvalue weighted by molar-refractivity contribution is -0.128. The first-order valence-corrected chi connectivity index (χ1v) is 9.09. The molecule has 1 saturated heterocycles.